The number of benzene rings is 1. The third kappa shape index (κ3) is 5.25. The van der Waals surface area contributed by atoms with Crippen molar-refractivity contribution in [2.45, 2.75) is 46.4 Å². The number of fused-ring (bicyclic) bond motifs is 1. The summed E-state index contributed by atoms with van der Waals surface area (Å²) < 4.78 is 7.75. The summed E-state index contributed by atoms with van der Waals surface area (Å²) in [5.74, 6) is -0.163. The largest absolute Gasteiger partial charge is 0.460 e. The van der Waals surface area contributed by atoms with E-state index in [9.17, 15) is 4.79 Å². The Hall–Kier alpha value is -1.49. The first-order valence-corrected chi connectivity index (χ1v) is 7.81. The topological polar surface area (TPSA) is 50.7 Å². The van der Waals surface area contributed by atoms with Gasteiger partial charge in [0.15, 0.2) is 0 Å². The summed E-state index contributed by atoms with van der Waals surface area (Å²) in [6.45, 7) is 12.1. The number of carbonyl (C=O) groups is 1. The van der Waals surface area contributed by atoms with Crippen molar-refractivity contribution < 1.29 is 9.53 Å². The molecule has 0 aliphatic carbocycles. The highest BCUT2D eigenvalue weighted by atomic mass is 32.2. The molecule has 0 unspecified atom stereocenters. The van der Waals surface area contributed by atoms with E-state index in [0.29, 0.717) is 6.61 Å². The maximum Gasteiger partial charge on any atom is 0.374 e. The van der Waals surface area contributed by atoms with E-state index in [1.54, 1.807) is 6.92 Å². The maximum absolute atomic E-state index is 11.4. The van der Waals surface area contributed by atoms with E-state index in [-0.39, 0.29) is 5.84 Å². The quantitative estimate of drug-likeness (QED) is 0.654. The first kappa shape index (κ1) is 18.5. The first-order valence-electron chi connectivity index (χ1n) is 7.00. The fraction of sp³-hybridized carbons (Fsp3) is 0.467. The van der Waals surface area contributed by atoms with Crippen molar-refractivity contribution in [2.75, 3.05) is 6.61 Å². The van der Waals surface area contributed by atoms with Crippen molar-refractivity contribution in [3.05, 3.63) is 23.8 Å². The lowest BCUT2D eigenvalue weighted by molar-refractivity contribution is -0.135. The van der Waals surface area contributed by atoms with Gasteiger partial charge in [0.2, 0.25) is 5.84 Å². The van der Waals surface area contributed by atoms with Gasteiger partial charge in [-0.1, -0.05) is 33.8 Å². The molecule has 2 rings (SSSR count). The number of nitrogens with zero attached hydrogens (tertiary/aromatic N) is 1. The van der Waals surface area contributed by atoms with E-state index < -0.39 is 5.97 Å². The number of aliphatic imine (C=N–C) groups is 1. The van der Waals surface area contributed by atoms with E-state index in [0.717, 1.165) is 10.6 Å². The Labute approximate surface area is 126 Å². The third-order valence-electron chi connectivity index (χ3n) is 2.07. The molecule has 0 bridgehead atoms. The van der Waals surface area contributed by atoms with Crippen LogP contribution in [0.1, 0.15) is 40.2 Å². The molecule has 112 valence electrons. The highest BCUT2D eigenvalue weighted by molar-refractivity contribution is 7.98. The normalized spacial score (nSPS) is 11.4. The van der Waals surface area contributed by atoms with Gasteiger partial charge >= 0.3 is 5.97 Å². The van der Waals surface area contributed by atoms with Crippen LogP contribution < -0.4 is 4.72 Å². The molecule has 0 amide bonds. The number of hydrogen-bond donors (Lipinski definition) is 1. The van der Waals surface area contributed by atoms with E-state index >= 15 is 0 Å². The maximum atomic E-state index is 11.4. The van der Waals surface area contributed by atoms with Gasteiger partial charge in [0.25, 0.3) is 0 Å². The lowest BCUT2D eigenvalue weighted by Crippen LogP contribution is -2.29. The number of hydrogen-bond acceptors (Lipinski definition) is 5. The number of nitrogens with one attached hydrogen (secondary N) is 1. The number of ether oxygens (including phenoxy) is 1. The Morgan fingerprint density at radius 1 is 1.30 bits per heavy atom. The van der Waals surface area contributed by atoms with Gasteiger partial charge in [0.1, 0.15) is 0 Å². The summed E-state index contributed by atoms with van der Waals surface area (Å²) >= 11 is 1.38. The van der Waals surface area contributed by atoms with Gasteiger partial charge in [0, 0.05) is 0 Å². The minimum absolute atomic E-state index is 0.253. The molecule has 1 heterocycles. The van der Waals surface area contributed by atoms with Gasteiger partial charge in [-0.05, 0) is 43.5 Å². The Balaban J connectivity index is 0.000000829. The van der Waals surface area contributed by atoms with Crippen LogP contribution in [0.15, 0.2) is 28.1 Å². The predicted molar refractivity (Wildman–Crippen MR) is 86.6 cm³/mol. The number of carbonyl (C=O) groups excluding carboxylic acids is 1. The van der Waals surface area contributed by atoms with Gasteiger partial charge in [-0.25, -0.2) is 9.79 Å². The molecule has 0 saturated carbocycles. The van der Waals surface area contributed by atoms with Crippen LogP contribution in [0.4, 0.5) is 5.69 Å². The standard InChI is InChI=1S/C11H12N2O2S.2C2H6/c1-3-15-11(14)10-12-8-5-4-7(2)6-9(8)16-13-10;2*1-2/h4-6H,3H2,1-2H3,(H,12,13);2*1-2H3. The Morgan fingerprint density at radius 2 is 1.95 bits per heavy atom. The van der Waals surface area contributed by atoms with Crippen LogP contribution in [0, 0.1) is 6.92 Å². The minimum Gasteiger partial charge on any atom is -0.460 e. The second kappa shape index (κ2) is 10.3. The van der Waals surface area contributed by atoms with Crippen LogP contribution >= 0.6 is 11.9 Å². The molecule has 1 aromatic carbocycles. The van der Waals surface area contributed by atoms with Crippen LogP contribution in [-0.2, 0) is 9.53 Å². The van der Waals surface area contributed by atoms with Gasteiger partial charge in [-0.3, -0.25) is 0 Å². The molecule has 4 nitrogen and oxygen atoms in total. The van der Waals surface area contributed by atoms with Crippen LogP contribution in [0.5, 0.6) is 0 Å². The summed E-state index contributed by atoms with van der Waals surface area (Å²) in [6, 6.07) is 5.90. The van der Waals surface area contributed by atoms with Gasteiger partial charge in [-0.15, -0.1) is 0 Å². The van der Waals surface area contributed by atoms with E-state index in [4.69, 9.17) is 4.74 Å². The zero-order valence-electron chi connectivity index (χ0n) is 13.1. The molecule has 1 aliphatic heterocycles. The number of aryl methyl sites for hydroxylation is 1. The molecular formula is C15H24N2O2S. The smallest absolute Gasteiger partial charge is 0.374 e. The molecule has 0 radical (unpaired) electrons. The average Bonchev–Trinajstić information content (AvgIpc) is 2.51. The van der Waals surface area contributed by atoms with Crippen molar-refractivity contribution in [2.24, 2.45) is 4.99 Å². The molecule has 1 aromatic rings. The van der Waals surface area contributed by atoms with E-state index in [1.807, 2.05) is 52.8 Å². The van der Waals surface area contributed by atoms with Gasteiger partial charge < -0.3 is 9.46 Å². The van der Waals surface area contributed by atoms with Crippen molar-refractivity contribution in [1.29, 1.82) is 0 Å². The Morgan fingerprint density at radius 3 is 2.55 bits per heavy atom. The second-order valence-electron chi connectivity index (χ2n) is 3.36. The summed E-state index contributed by atoms with van der Waals surface area (Å²) in [5, 5.41) is 0. The van der Waals surface area contributed by atoms with Crippen molar-refractivity contribution >= 4 is 29.4 Å². The highest BCUT2D eigenvalue weighted by Crippen LogP contribution is 2.31. The van der Waals surface area contributed by atoms with Crippen LogP contribution in [-0.4, -0.2) is 18.4 Å². The summed E-state index contributed by atoms with van der Waals surface area (Å²) in [4.78, 5) is 16.7. The van der Waals surface area contributed by atoms with E-state index in [2.05, 4.69) is 9.71 Å². The lowest BCUT2D eigenvalue weighted by atomic mass is 10.2. The van der Waals surface area contributed by atoms with Crippen LogP contribution in [0.2, 0.25) is 0 Å². The minimum atomic E-state index is -0.416. The molecule has 0 saturated heterocycles. The Bertz CT molecular complexity index is 459. The monoisotopic (exact) mass is 296 g/mol. The van der Waals surface area contributed by atoms with E-state index in [1.165, 1.54) is 17.5 Å². The van der Waals surface area contributed by atoms with Crippen LogP contribution in [0.3, 0.4) is 0 Å². The lowest BCUT2D eigenvalue weighted by Gasteiger charge is -2.15. The van der Waals surface area contributed by atoms with Gasteiger partial charge in [0.05, 0.1) is 17.2 Å². The molecule has 0 fully saturated rings. The number of rotatable bonds is 2. The average molecular weight is 296 g/mol. The van der Waals surface area contributed by atoms with Crippen molar-refractivity contribution in [1.82, 2.24) is 4.72 Å². The molecule has 1 aliphatic rings. The van der Waals surface area contributed by atoms with Crippen molar-refractivity contribution in [3.8, 4) is 0 Å². The van der Waals surface area contributed by atoms with Gasteiger partial charge in [-0.2, -0.15) is 0 Å². The summed E-state index contributed by atoms with van der Waals surface area (Å²) in [6.07, 6.45) is 0. The molecule has 1 N–H and O–H groups in total. The second-order valence-corrected chi connectivity index (χ2v) is 4.20. The molecule has 20 heavy (non-hydrogen) atoms. The number of amidine groups is 1. The molecular weight excluding hydrogens is 272 g/mol. The summed E-state index contributed by atoms with van der Waals surface area (Å²) in [5.41, 5.74) is 1.97. The Kier molecular flexibility index (Phi) is 9.55. The predicted octanol–water partition coefficient (Wildman–Crippen LogP) is 4.25. The molecule has 0 spiro atoms. The zero-order chi connectivity index (χ0) is 15.5. The fourth-order valence-corrected chi connectivity index (χ4v) is 2.13. The SMILES string of the molecule is CC.CC.CCOC(=O)C1=Nc2ccc(C)cc2SN1. The van der Waals surface area contributed by atoms with Crippen molar-refractivity contribution in [3.63, 3.8) is 0 Å². The van der Waals surface area contributed by atoms with Crippen LogP contribution in [0.25, 0.3) is 0 Å². The summed E-state index contributed by atoms with van der Waals surface area (Å²) in [7, 11) is 0. The third-order valence-corrected chi connectivity index (χ3v) is 2.92. The zero-order valence-corrected chi connectivity index (χ0v) is 13.9. The first-order chi connectivity index (χ1) is 9.70. The fourth-order valence-electron chi connectivity index (χ4n) is 1.33. The number of esters is 1. The highest BCUT2D eigenvalue weighted by Gasteiger charge is 2.18. The molecule has 5 heteroatoms. The molecule has 0 aromatic heterocycles. The molecule has 0 atom stereocenters.